The lowest BCUT2D eigenvalue weighted by molar-refractivity contribution is 0.645. The Bertz CT molecular complexity index is 9250. The zero-order chi connectivity index (χ0) is 98.3. The molecule has 28 rings (SSSR count). The minimum Gasteiger partial charge on any atom is -0.310 e. The Morgan fingerprint density at radius 2 is 0.438 bits per heavy atom. The monoisotopic (exact) mass is 1890 g/mol. The van der Waals surface area contributed by atoms with Crippen molar-refractivity contribution in [2.45, 2.75) is 77.0 Å². The molecular formula is C142H107N3S. The summed E-state index contributed by atoms with van der Waals surface area (Å²) in [6.07, 6.45) is 0. The average Bonchev–Trinajstić information content (AvgIpc) is 1.03. The van der Waals surface area contributed by atoms with Crippen molar-refractivity contribution in [3.8, 4) is 100 Å². The maximum Gasteiger partial charge on any atom is 0.0540 e. The largest absolute Gasteiger partial charge is 0.310 e. The van der Waals surface area contributed by atoms with E-state index in [4.69, 9.17) is 0 Å². The molecule has 696 valence electrons. The van der Waals surface area contributed by atoms with Crippen LogP contribution in [0.5, 0.6) is 0 Å². The predicted molar refractivity (Wildman–Crippen MR) is 624 cm³/mol. The maximum atomic E-state index is 2.42. The summed E-state index contributed by atoms with van der Waals surface area (Å²) in [5, 5.41) is 13.2. The summed E-state index contributed by atoms with van der Waals surface area (Å²) in [5.74, 6) is 0. The summed E-state index contributed by atoms with van der Waals surface area (Å²) >= 11 is 1.86. The van der Waals surface area contributed by atoms with Crippen molar-refractivity contribution >= 4 is 126 Å². The van der Waals surface area contributed by atoms with E-state index in [1.165, 1.54) is 208 Å². The quantitative estimate of drug-likeness (QED) is 0.107. The van der Waals surface area contributed by atoms with Crippen LogP contribution in [0.25, 0.3) is 163 Å². The number of hydrogen-bond acceptors (Lipinski definition) is 4. The highest BCUT2D eigenvalue weighted by atomic mass is 32.1. The summed E-state index contributed by atoms with van der Waals surface area (Å²) in [5.41, 5.74) is 44.0. The lowest BCUT2D eigenvalue weighted by Crippen LogP contribution is -2.23. The van der Waals surface area contributed by atoms with Gasteiger partial charge in [-0.1, -0.05) is 432 Å². The first-order valence-electron chi connectivity index (χ1n) is 51.1. The number of para-hydroxylation sites is 1. The molecule has 0 aliphatic heterocycles. The molecule has 0 saturated carbocycles. The van der Waals surface area contributed by atoms with E-state index in [0.717, 1.165) is 51.2 Å². The highest BCUT2D eigenvalue weighted by Crippen LogP contribution is 2.57. The molecule has 4 aliphatic carbocycles. The summed E-state index contributed by atoms with van der Waals surface area (Å²) in [6.45, 7) is 18.9. The van der Waals surface area contributed by atoms with Gasteiger partial charge in [0.05, 0.1) is 5.69 Å². The zero-order valence-electron chi connectivity index (χ0n) is 83.2. The summed E-state index contributed by atoms with van der Waals surface area (Å²) < 4.78 is 2.63. The molecule has 0 saturated heterocycles. The van der Waals surface area contributed by atoms with Crippen LogP contribution in [0.4, 0.5) is 51.2 Å². The molecule has 4 aliphatic rings. The minimum atomic E-state index is -0.0881. The van der Waals surface area contributed by atoms with Crippen molar-refractivity contribution in [2.75, 3.05) is 14.7 Å². The van der Waals surface area contributed by atoms with Gasteiger partial charge in [-0.2, -0.15) is 0 Å². The summed E-state index contributed by atoms with van der Waals surface area (Å²) in [7, 11) is 0. The lowest BCUT2D eigenvalue weighted by atomic mass is 9.68. The van der Waals surface area contributed by atoms with Crippen molar-refractivity contribution in [2.24, 2.45) is 0 Å². The van der Waals surface area contributed by atoms with Crippen molar-refractivity contribution < 1.29 is 0 Å². The van der Waals surface area contributed by atoms with Crippen LogP contribution < -0.4 is 14.7 Å². The topological polar surface area (TPSA) is 9.72 Å². The van der Waals surface area contributed by atoms with Crippen molar-refractivity contribution in [1.82, 2.24) is 0 Å². The fourth-order valence-electron chi connectivity index (χ4n) is 24.5. The Kier molecular flexibility index (Phi) is 21.5. The molecule has 4 heteroatoms. The van der Waals surface area contributed by atoms with Gasteiger partial charge in [0.25, 0.3) is 0 Å². The molecule has 24 aromatic rings. The summed E-state index contributed by atoms with van der Waals surface area (Å²) in [6, 6.07) is 185. The number of anilines is 9. The molecule has 0 radical (unpaired) electrons. The lowest BCUT2D eigenvalue weighted by Gasteiger charge is -2.35. The first-order valence-corrected chi connectivity index (χ1v) is 52.0. The van der Waals surface area contributed by atoms with Crippen LogP contribution in [0.15, 0.2) is 504 Å². The predicted octanol–water partition coefficient (Wildman–Crippen LogP) is 40.0. The van der Waals surface area contributed by atoms with Crippen LogP contribution in [-0.2, 0) is 21.7 Å². The molecule has 0 unspecified atom stereocenters. The maximum absolute atomic E-state index is 2.42. The number of rotatable bonds is 14. The van der Waals surface area contributed by atoms with Gasteiger partial charge in [-0.15, -0.1) is 11.3 Å². The van der Waals surface area contributed by atoms with Gasteiger partial charge in [0.2, 0.25) is 0 Å². The molecule has 1 aromatic heterocycles. The van der Waals surface area contributed by atoms with Crippen LogP contribution in [-0.4, -0.2) is 0 Å². The normalized spacial score (nSPS) is 13.6. The number of hydrogen-bond donors (Lipinski definition) is 0. The molecule has 146 heavy (non-hydrogen) atoms. The van der Waals surface area contributed by atoms with Crippen LogP contribution in [0.3, 0.4) is 0 Å². The van der Waals surface area contributed by atoms with Gasteiger partial charge in [0, 0.05) is 92.7 Å². The first-order chi connectivity index (χ1) is 71.4. The highest BCUT2D eigenvalue weighted by molar-refractivity contribution is 7.25. The van der Waals surface area contributed by atoms with E-state index < -0.39 is 0 Å². The Hall–Kier alpha value is -17.3. The van der Waals surface area contributed by atoms with Gasteiger partial charge in [-0.05, 0) is 310 Å². The highest BCUT2D eigenvalue weighted by Gasteiger charge is 2.40. The Balaban J connectivity index is 0.000000112. The van der Waals surface area contributed by atoms with E-state index in [0.29, 0.717) is 0 Å². The van der Waals surface area contributed by atoms with Gasteiger partial charge in [0.15, 0.2) is 0 Å². The molecular weight excluding hydrogens is 1780 g/mol. The number of fused-ring (bicyclic) bond motifs is 13. The molecule has 3 nitrogen and oxygen atoms in total. The van der Waals surface area contributed by atoms with Crippen LogP contribution in [0, 0.1) is 0 Å². The molecule has 0 N–H and O–H groups in total. The second-order valence-corrected chi connectivity index (χ2v) is 42.9. The average molecular weight is 1890 g/mol. The van der Waals surface area contributed by atoms with Gasteiger partial charge < -0.3 is 14.7 Å². The van der Waals surface area contributed by atoms with Crippen molar-refractivity contribution in [1.29, 1.82) is 0 Å². The van der Waals surface area contributed by atoms with Crippen molar-refractivity contribution in [3.05, 3.63) is 548 Å². The summed E-state index contributed by atoms with van der Waals surface area (Å²) in [4.78, 5) is 7.16. The van der Waals surface area contributed by atoms with E-state index in [1.54, 1.807) is 0 Å². The molecule has 23 aromatic carbocycles. The Morgan fingerprint density at radius 1 is 0.151 bits per heavy atom. The van der Waals surface area contributed by atoms with Crippen LogP contribution >= 0.6 is 11.3 Å². The van der Waals surface area contributed by atoms with E-state index in [2.05, 4.69) is 574 Å². The van der Waals surface area contributed by atoms with E-state index in [9.17, 15) is 0 Å². The second kappa shape index (κ2) is 35.4. The van der Waals surface area contributed by atoms with Gasteiger partial charge in [-0.3, -0.25) is 0 Å². The molecule has 0 spiro atoms. The third-order valence-electron chi connectivity index (χ3n) is 32.0. The molecule has 0 fully saturated rings. The Morgan fingerprint density at radius 3 is 0.945 bits per heavy atom. The van der Waals surface area contributed by atoms with Crippen LogP contribution in [0.1, 0.15) is 99.9 Å². The van der Waals surface area contributed by atoms with Gasteiger partial charge in [0.1, 0.15) is 0 Å². The molecule has 0 atom stereocenters. The standard InChI is InChI=1S/C52H41N.C47H35N.C43H31NS/c1-51(2)47-30-25-38(32-45(47)44-20-11-15-36-16-12-22-48(51)50(36)44)35-23-26-39(27-24-35)53(40-18-10-17-37(31-40)34-13-6-5-7-14-34)41-28-29-43-42-19-8-9-21-46(42)52(3,4)49(43)33-41;1-47(2)43-30-25-37(31-42(43)41-18-8-15-36-16-9-19-44(47)46(36)41)34-23-28-39(29-24-34)48(45-20-10-14-35-13-6-7-17-40(35)45)38-26-21-33(22-27-38)32-11-4-3-5-12-32;1-43(2)38-25-20-30(26-37(38)36-15-8-10-29-11-9-16-39(43)42(29)36)28-18-21-32(22-19-28)44(31-12-4-3-5-13-31)33-23-24-35-34-14-6-7-17-40(34)45-41(35)27-33/h5-33H,1-4H3;3-31H,1-2H3;3-27H,1-2H3. The van der Waals surface area contributed by atoms with Crippen molar-refractivity contribution in [3.63, 3.8) is 0 Å². The van der Waals surface area contributed by atoms with E-state index >= 15 is 0 Å². The first kappa shape index (κ1) is 88.9. The number of benzene rings is 23. The van der Waals surface area contributed by atoms with Gasteiger partial charge >= 0.3 is 0 Å². The molecule has 1 heterocycles. The van der Waals surface area contributed by atoms with Gasteiger partial charge in [-0.25, -0.2) is 0 Å². The van der Waals surface area contributed by atoms with E-state index in [1.807, 2.05) is 11.3 Å². The third-order valence-corrected chi connectivity index (χ3v) is 33.1. The minimum absolute atomic E-state index is 0.0583. The SMILES string of the molecule is CC1(C)c2ccc(-c3ccc(N(c4ccc(-c5ccccc5)cc4)c4cccc5ccccc45)cc3)cc2-c2cccc3cccc1c23.CC1(C)c2ccc(-c3ccc(N(c4ccccc4)c4ccc5c(c4)sc4ccccc45)cc3)cc2-c2cccc3cccc1c23.CC1(C)c2ccccc2-c2ccc(N(c3ccc(-c4ccc5c(c4)-c4cccc6cccc(c46)C5(C)C)cc3)c3cccc(-c4ccccc4)c3)cc21. The Labute approximate surface area is 859 Å². The molecule has 0 amide bonds. The second-order valence-electron chi connectivity index (χ2n) is 41.8. The third kappa shape index (κ3) is 15.1. The number of thiophene rings is 1. The molecule has 0 bridgehead atoms. The number of nitrogens with zero attached hydrogens (tertiary/aromatic N) is 3. The smallest absolute Gasteiger partial charge is 0.0540 e. The van der Waals surface area contributed by atoms with Crippen LogP contribution in [0.2, 0.25) is 0 Å². The zero-order valence-corrected chi connectivity index (χ0v) is 84.0. The fraction of sp³-hybridized carbons (Fsp3) is 0.0845. The fourth-order valence-corrected chi connectivity index (χ4v) is 25.6. The van der Waals surface area contributed by atoms with E-state index in [-0.39, 0.29) is 21.7 Å².